The van der Waals surface area contributed by atoms with Gasteiger partial charge in [-0.05, 0) is 26.0 Å². The van der Waals surface area contributed by atoms with E-state index in [1.54, 1.807) is 0 Å². The molecule has 1 aliphatic rings. The van der Waals surface area contributed by atoms with Gasteiger partial charge in [0.1, 0.15) is 0 Å². The fourth-order valence-corrected chi connectivity index (χ4v) is 2.59. The van der Waals surface area contributed by atoms with Gasteiger partial charge in [-0.3, -0.25) is 4.99 Å². The van der Waals surface area contributed by atoms with E-state index in [9.17, 15) is 0 Å². The first-order chi connectivity index (χ1) is 6.74. The van der Waals surface area contributed by atoms with Crippen LogP contribution >= 0.6 is 11.8 Å². The molecule has 0 aliphatic heterocycles. The predicted molar refractivity (Wildman–Crippen MR) is 66.0 cm³/mol. The van der Waals surface area contributed by atoms with Crippen LogP contribution in [0.3, 0.4) is 0 Å². The topological polar surface area (TPSA) is 38.4 Å². The fraction of sp³-hybridized carbons (Fsp3) is 0.909. The number of aliphatic imine (C=N–C) groups is 1. The minimum Gasteiger partial charge on any atom is -0.387 e. The van der Waals surface area contributed by atoms with Crippen LogP contribution in [0.2, 0.25) is 0 Å². The lowest BCUT2D eigenvalue weighted by Gasteiger charge is -2.21. The van der Waals surface area contributed by atoms with Crippen LogP contribution in [0, 0.1) is 5.92 Å². The average molecular weight is 214 g/mol. The molecule has 0 heterocycles. The summed E-state index contributed by atoms with van der Waals surface area (Å²) in [5.74, 6) is 2.56. The summed E-state index contributed by atoms with van der Waals surface area (Å²) in [6.45, 7) is 2.15. The summed E-state index contributed by atoms with van der Waals surface area (Å²) in [5, 5.41) is 0. The van der Waals surface area contributed by atoms with Gasteiger partial charge in [-0.15, -0.1) is 0 Å². The zero-order valence-electron chi connectivity index (χ0n) is 9.33. The van der Waals surface area contributed by atoms with Crippen molar-refractivity contribution in [2.45, 2.75) is 45.1 Å². The molecule has 14 heavy (non-hydrogen) atoms. The third-order valence-electron chi connectivity index (χ3n) is 2.80. The molecule has 1 aliphatic carbocycles. The van der Waals surface area contributed by atoms with Gasteiger partial charge < -0.3 is 5.73 Å². The van der Waals surface area contributed by atoms with E-state index in [0.717, 1.165) is 11.6 Å². The van der Waals surface area contributed by atoms with E-state index in [1.165, 1.54) is 32.1 Å². The Morgan fingerprint density at radius 3 is 2.64 bits per heavy atom. The third kappa shape index (κ3) is 3.91. The maximum Gasteiger partial charge on any atom is 0.0972 e. The van der Waals surface area contributed by atoms with Crippen molar-refractivity contribution in [1.29, 1.82) is 0 Å². The first-order valence-corrected chi connectivity index (χ1v) is 6.95. The van der Waals surface area contributed by atoms with Crippen LogP contribution in [0.25, 0.3) is 0 Å². The molecule has 0 saturated heterocycles. The Balaban J connectivity index is 2.40. The second kappa shape index (κ2) is 6.33. The first kappa shape index (κ1) is 11.9. The van der Waals surface area contributed by atoms with Crippen molar-refractivity contribution in [3.05, 3.63) is 0 Å². The molecule has 0 aromatic heterocycles. The van der Waals surface area contributed by atoms with E-state index in [1.807, 2.05) is 11.8 Å². The SMILES string of the molecule is CSCC(C)N=C(N)C1CCCCC1. The highest BCUT2D eigenvalue weighted by molar-refractivity contribution is 7.98. The van der Waals surface area contributed by atoms with Gasteiger partial charge in [0, 0.05) is 11.7 Å². The van der Waals surface area contributed by atoms with E-state index in [-0.39, 0.29) is 0 Å². The van der Waals surface area contributed by atoms with Crippen molar-refractivity contribution in [3.8, 4) is 0 Å². The number of hydrogen-bond acceptors (Lipinski definition) is 2. The standard InChI is InChI=1S/C11H22N2S/c1-9(8-14-2)13-11(12)10-6-4-3-5-7-10/h9-10H,3-8H2,1-2H3,(H2,12,13). The molecule has 0 aromatic rings. The van der Waals surface area contributed by atoms with Crippen molar-refractivity contribution in [3.63, 3.8) is 0 Å². The molecule has 2 nitrogen and oxygen atoms in total. The van der Waals surface area contributed by atoms with Crippen molar-refractivity contribution in [2.24, 2.45) is 16.6 Å². The molecule has 2 N–H and O–H groups in total. The molecule has 1 atom stereocenters. The highest BCUT2D eigenvalue weighted by Crippen LogP contribution is 2.23. The van der Waals surface area contributed by atoms with Crippen LogP contribution in [-0.2, 0) is 0 Å². The minimum atomic E-state index is 0.381. The van der Waals surface area contributed by atoms with Crippen LogP contribution < -0.4 is 5.73 Å². The summed E-state index contributed by atoms with van der Waals surface area (Å²) in [6, 6.07) is 0.381. The van der Waals surface area contributed by atoms with Crippen molar-refractivity contribution in [2.75, 3.05) is 12.0 Å². The van der Waals surface area contributed by atoms with Crippen molar-refractivity contribution >= 4 is 17.6 Å². The van der Waals surface area contributed by atoms with Gasteiger partial charge in [-0.2, -0.15) is 11.8 Å². The Bertz CT molecular complexity index is 186. The maximum atomic E-state index is 6.02. The Morgan fingerprint density at radius 2 is 2.07 bits per heavy atom. The van der Waals surface area contributed by atoms with Crippen LogP contribution in [0.4, 0.5) is 0 Å². The van der Waals surface area contributed by atoms with Crippen molar-refractivity contribution in [1.82, 2.24) is 0 Å². The molecule has 0 amide bonds. The average Bonchev–Trinajstić information content (AvgIpc) is 2.19. The third-order valence-corrected chi connectivity index (χ3v) is 3.62. The van der Waals surface area contributed by atoms with Gasteiger partial charge in [0.15, 0.2) is 0 Å². The van der Waals surface area contributed by atoms with Gasteiger partial charge in [0.05, 0.1) is 11.9 Å². The van der Waals surface area contributed by atoms with Gasteiger partial charge in [-0.25, -0.2) is 0 Å². The summed E-state index contributed by atoms with van der Waals surface area (Å²) in [4.78, 5) is 4.56. The van der Waals surface area contributed by atoms with E-state index < -0.39 is 0 Å². The van der Waals surface area contributed by atoms with Crippen LogP contribution in [0.5, 0.6) is 0 Å². The summed E-state index contributed by atoms with van der Waals surface area (Å²) >= 11 is 1.84. The molecule has 1 unspecified atom stereocenters. The van der Waals surface area contributed by atoms with E-state index in [4.69, 9.17) is 5.73 Å². The molecule has 1 fully saturated rings. The number of rotatable bonds is 4. The minimum absolute atomic E-state index is 0.381. The van der Waals surface area contributed by atoms with Crippen LogP contribution in [-0.4, -0.2) is 23.9 Å². The van der Waals surface area contributed by atoms with Gasteiger partial charge in [0.25, 0.3) is 0 Å². The highest BCUT2D eigenvalue weighted by Gasteiger charge is 2.17. The Kier molecular flexibility index (Phi) is 5.38. The lowest BCUT2D eigenvalue weighted by molar-refractivity contribution is 0.436. The fourth-order valence-electron chi connectivity index (χ4n) is 2.04. The highest BCUT2D eigenvalue weighted by atomic mass is 32.2. The van der Waals surface area contributed by atoms with Crippen LogP contribution in [0.15, 0.2) is 4.99 Å². The second-order valence-electron chi connectivity index (χ2n) is 4.19. The van der Waals surface area contributed by atoms with E-state index in [2.05, 4.69) is 18.2 Å². The number of nitrogens with two attached hydrogens (primary N) is 1. The second-order valence-corrected chi connectivity index (χ2v) is 5.10. The Hall–Kier alpha value is -0.180. The summed E-state index contributed by atoms with van der Waals surface area (Å²) in [5.41, 5.74) is 6.02. The molecule has 0 spiro atoms. The van der Waals surface area contributed by atoms with Crippen LogP contribution in [0.1, 0.15) is 39.0 Å². The zero-order chi connectivity index (χ0) is 10.4. The number of thioether (sulfide) groups is 1. The zero-order valence-corrected chi connectivity index (χ0v) is 10.1. The number of hydrogen-bond donors (Lipinski definition) is 1. The normalized spacial score (nSPS) is 22.3. The van der Waals surface area contributed by atoms with Gasteiger partial charge in [0.2, 0.25) is 0 Å². The van der Waals surface area contributed by atoms with E-state index >= 15 is 0 Å². The molecule has 3 heteroatoms. The van der Waals surface area contributed by atoms with Gasteiger partial charge in [-0.1, -0.05) is 19.3 Å². The Morgan fingerprint density at radius 1 is 1.43 bits per heavy atom. The summed E-state index contributed by atoms with van der Waals surface area (Å²) in [7, 11) is 0. The smallest absolute Gasteiger partial charge is 0.0972 e. The molecule has 82 valence electrons. The molecule has 0 radical (unpaired) electrons. The molecule has 1 rings (SSSR count). The number of nitrogens with zero attached hydrogens (tertiary/aromatic N) is 1. The van der Waals surface area contributed by atoms with E-state index in [0.29, 0.717) is 12.0 Å². The summed E-state index contributed by atoms with van der Waals surface area (Å²) < 4.78 is 0. The molecular formula is C11H22N2S. The lowest BCUT2D eigenvalue weighted by Crippen LogP contribution is -2.27. The molecule has 0 bridgehead atoms. The molecular weight excluding hydrogens is 192 g/mol. The largest absolute Gasteiger partial charge is 0.387 e. The Labute approximate surface area is 91.7 Å². The predicted octanol–water partition coefficient (Wildman–Crippen LogP) is 2.68. The maximum absolute atomic E-state index is 6.02. The monoisotopic (exact) mass is 214 g/mol. The lowest BCUT2D eigenvalue weighted by atomic mass is 9.88. The van der Waals surface area contributed by atoms with Gasteiger partial charge >= 0.3 is 0 Å². The molecule has 1 saturated carbocycles. The number of amidine groups is 1. The molecule has 0 aromatic carbocycles. The summed E-state index contributed by atoms with van der Waals surface area (Å²) in [6.07, 6.45) is 8.66. The first-order valence-electron chi connectivity index (χ1n) is 5.56. The van der Waals surface area contributed by atoms with Crippen molar-refractivity contribution < 1.29 is 0 Å². The quantitative estimate of drug-likeness (QED) is 0.577.